The zero-order valence-electron chi connectivity index (χ0n) is 16.6. The molecule has 1 aromatic carbocycles. The zero-order valence-corrected chi connectivity index (χ0v) is 16.6. The molecule has 1 saturated carbocycles. The van der Waals surface area contributed by atoms with E-state index in [1.807, 2.05) is 12.1 Å². The van der Waals surface area contributed by atoms with Crippen LogP contribution in [0.3, 0.4) is 0 Å². The van der Waals surface area contributed by atoms with E-state index in [4.69, 9.17) is 4.98 Å². The van der Waals surface area contributed by atoms with Crippen molar-refractivity contribution in [1.82, 2.24) is 9.55 Å². The molecule has 4 rings (SSSR count). The molecule has 0 bridgehead atoms. The number of anilines is 1. The van der Waals surface area contributed by atoms with Gasteiger partial charge >= 0.3 is 0 Å². The standard InChI is InChI=1S/C22H32N4O/c1-25-20-11-10-18(23-22(27)17-8-4-2-5-9-17)16-19(20)24-21(25)12-15-26-13-6-3-7-14-26/h10-11,16-17H,2-9,12-15H2,1H3,(H,23,27)/p+1. The minimum absolute atomic E-state index is 0.180. The average molecular weight is 370 g/mol. The number of fused-ring (bicyclic) bond motifs is 1. The molecular weight excluding hydrogens is 336 g/mol. The van der Waals surface area contributed by atoms with Crippen LogP contribution < -0.4 is 10.2 Å². The van der Waals surface area contributed by atoms with E-state index in [1.165, 1.54) is 58.2 Å². The summed E-state index contributed by atoms with van der Waals surface area (Å²) < 4.78 is 2.21. The topological polar surface area (TPSA) is 51.4 Å². The molecule has 5 heteroatoms. The number of aryl methyl sites for hydroxylation is 1. The number of imidazole rings is 1. The summed E-state index contributed by atoms with van der Waals surface area (Å²) in [6, 6.07) is 6.15. The summed E-state index contributed by atoms with van der Waals surface area (Å²) in [5.41, 5.74) is 3.02. The normalized spacial score (nSPS) is 19.4. The molecule has 2 heterocycles. The van der Waals surface area contributed by atoms with Crippen molar-refractivity contribution < 1.29 is 9.69 Å². The Labute approximate surface area is 162 Å². The van der Waals surface area contributed by atoms with Crippen molar-refractivity contribution in [3.8, 4) is 0 Å². The van der Waals surface area contributed by atoms with E-state index in [0.29, 0.717) is 0 Å². The maximum Gasteiger partial charge on any atom is 0.227 e. The third kappa shape index (κ3) is 4.34. The first kappa shape index (κ1) is 18.5. The molecule has 2 aliphatic rings. The molecule has 146 valence electrons. The monoisotopic (exact) mass is 369 g/mol. The number of amides is 1. The molecule has 0 radical (unpaired) electrons. The van der Waals surface area contributed by atoms with Gasteiger partial charge in [-0.1, -0.05) is 19.3 Å². The third-order valence-corrected chi connectivity index (χ3v) is 6.48. The van der Waals surface area contributed by atoms with E-state index in [2.05, 4.69) is 23.0 Å². The number of hydrogen-bond acceptors (Lipinski definition) is 2. The van der Waals surface area contributed by atoms with Crippen LogP contribution >= 0.6 is 0 Å². The molecule has 1 aliphatic heterocycles. The van der Waals surface area contributed by atoms with Gasteiger partial charge in [0, 0.05) is 18.7 Å². The largest absolute Gasteiger partial charge is 0.335 e. The lowest BCUT2D eigenvalue weighted by Gasteiger charge is -2.23. The first-order valence-electron chi connectivity index (χ1n) is 10.8. The fourth-order valence-corrected chi connectivity index (χ4v) is 4.75. The van der Waals surface area contributed by atoms with Crippen LogP contribution in [-0.2, 0) is 18.3 Å². The second kappa shape index (κ2) is 8.42. The van der Waals surface area contributed by atoms with Crippen LogP contribution in [0.4, 0.5) is 5.69 Å². The smallest absolute Gasteiger partial charge is 0.227 e. The summed E-state index contributed by atoms with van der Waals surface area (Å²) in [6.45, 7) is 3.78. The van der Waals surface area contributed by atoms with Crippen molar-refractivity contribution in [2.45, 2.75) is 57.8 Å². The minimum atomic E-state index is 0.180. The molecule has 1 aromatic heterocycles. The van der Waals surface area contributed by atoms with Gasteiger partial charge in [-0.25, -0.2) is 4.98 Å². The Morgan fingerprint density at radius 1 is 1.15 bits per heavy atom. The van der Waals surface area contributed by atoms with E-state index in [9.17, 15) is 4.79 Å². The highest BCUT2D eigenvalue weighted by Gasteiger charge is 2.21. The molecule has 1 aliphatic carbocycles. The molecule has 0 spiro atoms. The lowest BCUT2D eigenvalue weighted by atomic mass is 9.88. The number of carbonyl (C=O) groups is 1. The second-order valence-electron chi connectivity index (χ2n) is 8.43. The van der Waals surface area contributed by atoms with Gasteiger partial charge in [-0.05, 0) is 50.3 Å². The zero-order chi connectivity index (χ0) is 18.6. The summed E-state index contributed by atoms with van der Waals surface area (Å²) in [7, 11) is 2.11. The molecule has 1 amide bonds. The van der Waals surface area contributed by atoms with Gasteiger partial charge in [-0.15, -0.1) is 0 Å². The van der Waals surface area contributed by atoms with Gasteiger partial charge in [0.2, 0.25) is 5.91 Å². The van der Waals surface area contributed by atoms with Crippen LogP contribution in [0.15, 0.2) is 18.2 Å². The van der Waals surface area contributed by atoms with E-state index in [0.717, 1.165) is 41.8 Å². The summed E-state index contributed by atoms with van der Waals surface area (Å²) in [5.74, 6) is 1.51. The summed E-state index contributed by atoms with van der Waals surface area (Å²) >= 11 is 0. The number of aromatic nitrogens is 2. The molecule has 0 atom stereocenters. The fraction of sp³-hybridized carbons (Fsp3) is 0.636. The number of hydrogen-bond donors (Lipinski definition) is 2. The predicted octanol–water partition coefficient (Wildman–Crippen LogP) is 2.70. The van der Waals surface area contributed by atoms with Crippen LogP contribution in [0.2, 0.25) is 0 Å². The Hall–Kier alpha value is -1.88. The van der Waals surface area contributed by atoms with Crippen LogP contribution in [0.25, 0.3) is 11.0 Å². The molecule has 27 heavy (non-hydrogen) atoms. The summed E-state index contributed by atoms with van der Waals surface area (Å²) in [5, 5.41) is 3.12. The Kier molecular flexibility index (Phi) is 5.77. The average Bonchev–Trinajstić information content (AvgIpc) is 3.03. The van der Waals surface area contributed by atoms with E-state index < -0.39 is 0 Å². The maximum absolute atomic E-state index is 12.5. The lowest BCUT2D eigenvalue weighted by molar-refractivity contribution is -0.904. The molecule has 2 aromatic rings. The first-order chi connectivity index (χ1) is 13.2. The van der Waals surface area contributed by atoms with Gasteiger partial charge in [0.1, 0.15) is 5.82 Å². The van der Waals surface area contributed by atoms with Crippen molar-refractivity contribution in [2.75, 3.05) is 25.0 Å². The van der Waals surface area contributed by atoms with E-state index in [-0.39, 0.29) is 11.8 Å². The van der Waals surface area contributed by atoms with Gasteiger partial charge < -0.3 is 14.8 Å². The van der Waals surface area contributed by atoms with E-state index in [1.54, 1.807) is 4.90 Å². The van der Waals surface area contributed by atoms with E-state index >= 15 is 0 Å². The van der Waals surface area contributed by atoms with Crippen LogP contribution in [0.5, 0.6) is 0 Å². The number of rotatable bonds is 5. The van der Waals surface area contributed by atoms with Gasteiger partial charge in [-0.3, -0.25) is 4.79 Å². The third-order valence-electron chi connectivity index (χ3n) is 6.48. The summed E-state index contributed by atoms with van der Waals surface area (Å²) in [4.78, 5) is 19.1. The Bertz CT molecular complexity index is 785. The number of piperidine rings is 1. The van der Waals surface area contributed by atoms with Gasteiger partial charge in [-0.2, -0.15) is 0 Å². The molecule has 2 N–H and O–H groups in total. The number of benzene rings is 1. The molecule has 2 fully saturated rings. The maximum atomic E-state index is 12.5. The Balaban J connectivity index is 1.43. The second-order valence-corrected chi connectivity index (χ2v) is 8.43. The van der Waals surface area contributed by atoms with Gasteiger partial charge in [0.05, 0.1) is 37.1 Å². The van der Waals surface area contributed by atoms with Crippen molar-refractivity contribution in [3.05, 3.63) is 24.0 Å². The molecule has 5 nitrogen and oxygen atoms in total. The predicted molar refractivity (Wildman–Crippen MR) is 109 cm³/mol. The number of carbonyl (C=O) groups excluding carboxylic acids is 1. The van der Waals surface area contributed by atoms with Gasteiger partial charge in [0.15, 0.2) is 0 Å². The summed E-state index contributed by atoms with van der Waals surface area (Å²) in [6.07, 6.45) is 10.8. The number of likely N-dealkylation sites (tertiary alicyclic amines) is 1. The van der Waals surface area contributed by atoms with Crippen molar-refractivity contribution in [1.29, 1.82) is 0 Å². The molecule has 0 unspecified atom stereocenters. The lowest BCUT2D eigenvalue weighted by Crippen LogP contribution is -3.13. The minimum Gasteiger partial charge on any atom is -0.335 e. The molecule has 1 saturated heterocycles. The molecular formula is C22H33N4O+. The highest BCUT2D eigenvalue weighted by molar-refractivity contribution is 5.94. The highest BCUT2D eigenvalue weighted by atomic mass is 16.1. The van der Waals surface area contributed by atoms with Crippen LogP contribution in [-0.4, -0.2) is 35.1 Å². The number of quaternary nitrogens is 1. The quantitative estimate of drug-likeness (QED) is 0.851. The van der Waals surface area contributed by atoms with Crippen LogP contribution in [0, 0.1) is 5.92 Å². The Morgan fingerprint density at radius 2 is 1.89 bits per heavy atom. The van der Waals surface area contributed by atoms with Crippen molar-refractivity contribution in [3.63, 3.8) is 0 Å². The SMILES string of the molecule is Cn1c(CC[NH+]2CCCCC2)nc2cc(NC(=O)C3CCCCC3)ccc21. The first-order valence-corrected chi connectivity index (χ1v) is 10.8. The van der Waals surface area contributed by atoms with Gasteiger partial charge in [0.25, 0.3) is 0 Å². The van der Waals surface area contributed by atoms with Crippen molar-refractivity contribution in [2.24, 2.45) is 13.0 Å². The fourth-order valence-electron chi connectivity index (χ4n) is 4.75. The Morgan fingerprint density at radius 3 is 2.67 bits per heavy atom. The number of nitrogens with one attached hydrogen (secondary N) is 2. The highest BCUT2D eigenvalue weighted by Crippen LogP contribution is 2.26. The van der Waals surface area contributed by atoms with Crippen LogP contribution in [0.1, 0.15) is 57.2 Å². The van der Waals surface area contributed by atoms with Crippen molar-refractivity contribution >= 4 is 22.6 Å². The number of nitrogens with zero attached hydrogens (tertiary/aromatic N) is 2.